The fourth-order valence-corrected chi connectivity index (χ4v) is 3.48. The Morgan fingerprint density at radius 2 is 1.88 bits per heavy atom. The number of fused-ring (bicyclic) bond motifs is 1. The van der Waals surface area contributed by atoms with E-state index in [1.807, 2.05) is 36.4 Å². The van der Waals surface area contributed by atoms with Gasteiger partial charge in [0.25, 0.3) is 0 Å². The van der Waals surface area contributed by atoms with Crippen molar-refractivity contribution in [3.05, 3.63) is 48.8 Å². The molecule has 6 heteroatoms. The summed E-state index contributed by atoms with van der Waals surface area (Å²) in [6.07, 6.45) is 5.30. The molecule has 4 rings (SSSR count). The van der Waals surface area contributed by atoms with Gasteiger partial charge >= 0.3 is 0 Å². The standard InChI is InChI=1S/C20H21N5O/c1-24(2)20(26)17-8-5-13-25(17)19-15-6-3-4-7-16(15)22-18(23-19)14-9-11-21-12-10-14/h3-4,6-7,9-12,17H,5,8,13H2,1-2H3. The van der Waals surface area contributed by atoms with E-state index in [0.717, 1.165) is 41.7 Å². The molecule has 1 aliphatic heterocycles. The van der Waals surface area contributed by atoms with Gasteiger partial charge in [-0.3, -0.25) is 9.78 Å². The first-order chi connectivity index (χ1) is 12.6. The number of carbonyl (C=O) groups is 1. The molecule has 1 aliphatic rings. The largest absolute Gasteiger partial charge is 0.347 e. The van der Waals surface area contributed by atoms with Crippen molar-refractivity contribution in [2.45, 2.75) is 18.9 Å². The second kappa shape index (κ2) is 6.71. The van der Waals surface area contributed by atoms with Gasteiger partial charge in [0.2, 0.25) is 5.91 Å². The molecule has 132 valence electrons. The molecule has 0 radical (unpaired) electrons. The average Bonchev–Trinajstić information content (AvgIpc) is 3.16. The molecule has 0 N–H and O–H groups in total. The van der Waals surface area contributed by atoms with E-state index in [0.29, 0.717) is 5.82 Å². The number of amides is 1. The molecule has 1 fully saturated rings. The molecule has 6 nitrogen and oxygen atoms in total. The fourth-order valence-electron chi connectivity index (χ4n) is 3.48. The Morgan fingerprint density at radius 3 is 2.65 bits per heavy atom. The van der Waals surface area contributed by atoms with Crippen molar-refractivity contribution in [1.29, 1.82) is 0 Å². The second-order valence-electron chi connectivity index (χ2n) is 6.71. The van der Waals surface area contributed by atoms with Crippen LogP contribution in [-0.2, 0) is 4.79 Å². The van der Waals surface area contributed by atoms with Gasteiger partial charge in [-0.2, -0.15) is 0 Å². The van der Waals surface area contributed by atoms with Crippen LogP contribution in [0.1, 0.15) is 12.8 Å². The molecular weight excluding hydrogens is 326 g/mol. The molecule has 0 spiro atoms. The molecule has 1 aromatic carbocycles. The van der Waals surface area contributed by atoms with Crippen molar-refractivity contribution >= 4 is 22.6 Å². The van der Waals surface area contributed by atoms with Crippen molar-refractivity contribution in [2.24, 2.45) is 0 Å². The summed E-state index contributed by atoms with van der Waals surface area (Å²) < 4.78 is 0. The third kappa shape index (κ3) is 2.87. The molecule has 3 aromatic rings. The highest BCUT2D eigenvalue weighted by molar-refractivity contribution is 5.94. The van der Waals surface area contributed by atoms with Gasteiger partial charge in [0.05, 0.1) is 5.52 Å². The van der Waals surface area contributed by atoms with Crippen molar-refractivity contribution in [3.63, 3.8) is 0 Å². The van der Waals surface area contributed by atoms with Gasteiger partial charge in [0, 0.05) is 44.0 Å². The first kappa shape index (κ1) is 16.4. The number of hydrogen-bond acceptors (Lipinski definition) is 5. The summed E-state index contributed by atoms with van der Waals surface area (Å²) in [4.78, 5) is 30.1. The number of pyridine rings is 1. The summed E-state index contributed by atoms with van der Waals surface area (Å²) in [5, 5.41) is 0.976. The van der Waals surface area contributed by atoms with Gasteiger partial charge in [-0.1, -0.05) is 12.1 Å². The monoisotopic (exact) mass is 347 g/mol. The number of aromatic nitrogens is 3. The number of benzene rings is 1. The van der Waals surface area contributed by atoms with Crippen molar-refractivity contribution in [2.75, 3.05) is 25.5 Å². The van der Waals surface area contributed by atoms with E-state index in [9.17, 15) is 4.79 Å². The van der Waals surface area contributed by atoms with Gasteiger partial charge in [0.1, 0.15) is 11.9 Å². The van der Waals surface area contributed by atoms with Gasteiger partial charge < -0.3 is 9.80 Å². The van der Waals surface area contributed by atoms with Crippen molar-refractivity contribution in [1.82, 2.24) is 19.9 Å². The van der Waals surface area contributed by atoms with Crippen LogP contribution in [0.2, 0.25) is 0 Å². The molecule has 0 saturated carbocycles. The molecule has 0 bridgehead atoms. The van der Waals surface area contributed by atoms with Crippen LogP contribution in [0.3, 0.4) is 0 Å². The zero-order valence-corrected chi connectivity index (χ0v) is 15.0. The van der Waals surface area contributed by atoms with Gasteiger partial charge in [0.15, 0.2) is 5.82 Å². The zero-order valence-electron chi connectivity index (χ0n) is 15.0. The Balaban J connectivity index is 1.87. The highest BCUT2D eigenvalue weighted by atomic mass is 16.2. The third-order valence-corrected chi connectivity index (χ3v) is 4.77. The minimum Gasteiger partial charge on any atom is -0.347 e. The Hall–Kier alpha value is -3.02. The number of nitrogens with zero attached hydrogens (tertiary/aromatic N) is 5. The highest BCUT2D eigenvalue weighted by Gasteiger charge is 2.33. The van der Waals surface area contributed by atoms with E-state index in [4.69, 9.17) is 9.97 Å². The number of hydrogen-bond donors (Lipinski definition) is 0. The predicted molar refractivity (Wildman–Crippen MR) is 102 cm³/mol. The number of rotatable bonds is 3. The molecule has 26 heavy (non-hydrogen) atoms. The summed E-state index contributed by atoms with van der Waals surface area (Å²) in [5.74, 6) is 1.61. The van der Waals surface area contributed by atoms with Crippen LogP contribution in [0, 0.1) is 0 Å². The van der Waals surface area contributed by atoms with Crippen molar-refractivity contribution in [3.8, 4) is 11.4 Å². The lowest BCUT2D eigenvalue weighted by atomic mass is 10.1. The lowest BCUT2D eigenvalue weighted by Crippen LogP contribution is -2.43. The number of para-hydroxylation sites is 1. The molecule has 1 unspecified atom stereocenters. The Morgan fingerprint density at radius 1 is 1.12 bits per heavy atom. The van der Waals surface area contributed by atoms with E-state index in [2.05, 4.69) is 9.88 Å². The maximum absolute atomic E-state index is 12.7. The smallest absolute Gasteiger partial charge is 0.244 e. The summed E-state index contributed by atoms with van der Waals surface area (Å²) >= 11 is 0. The Kier molecular flexibility index (Phi) is 4.24. The lowest BCUT2D eigenvalue weighted by Gasteiger charge is -2.28. The molecule has 1 saturated heterocycles. The molecule has 1 amide bonds. The molecule has 2 aromatic heterocycles. The van der Waals surface area contributed by atoms with Crippen LogP contribution >= 0.6 is 0 Å². The maximum atomic E-state index is 12.7. The first-order valence-corrected chi connectivity index (χ1v) is 8.80. The molecule has 0 aliphatic carbocycles. The van der Waals surface area contributed by atoms with Crippen LogP contribution in [0.4, 0.5) is 5.82 Å². The highest BCUT2D eigenvalue weighted by Crippen LogP contribution is 2.32. The average molecular weight is 347 g/mol. The minimum absolute atomic E-state index is 0.121. The number of anilines is 1. The third-order valence-electron chi connectivity index (χ3n) is 4.77. The van der Waals surface area contributed by atoms with Crippen LogP contribution in [0.15, 0.2) is 48.8 Å². The van der Waals surface area contributed by atoms with Gasteiger partial charge in [-0.25, -0.2) is 9.97 Å². The van der Waals surface area contributed by atoms with Crippen LogP contribution < -0.4 is 4.90 Å². The molecule has 3 heterocycles. The van der Waals surface area contributed by atoms with Crippen LogP contribution in [-0.4, -0.2) is 52.4 Å². The topological polar surface area (TPSA) is 62.2 Å². The van der Waals surface area contributed by atoms with E-state index in [1.165, 1.54) is 0 Å². The lowest BCUT2D eigenvalue weighted by molar-refractivity contribution is -0.129. The number of carbonyl (C=O) groups excluding carboxylic acids is 1. The first-order valence-electron chi connectivity index (χ1n) is 8.80. The fraction of sp³-hybridized carbons (Fsp3) is 0.300. The normalized spacial score (nSPS) is 16.8. The number of likely N-dealkylation sites (N-methyl/N-ethyl adjacent to an activating group) is 1. The molecular formula is C20H21N5O. The predicted octanol–water partition coefficient (Wildman–Crippen LogP) is 2.75. The Labute approximate surface area is 152 Å². The molecule has 1 atom stereocenters. The van der Waals surface area contributed by atoms with Crippen LogP contribution in [0.5, 0.6) is 0 Å². The van der Waals surface area contributed by atoms with Gasteiger partial charge in [-0.15, -0.1) is 0 Å². The maximum Gasteiger partial charge on any atom is 0.244 e. The quantitative estimate of drug-likeness (QED) is 0.729. The zero-order chi connectivity index (χ0) is 18.1. The summed E-state index contributed by atoms with van der Waals surface area (Å²) in [6.45, 7) is 0.820. The summed E-state index contributed by atoms with van der Waals surface area (Å²) in [6, 6.07) is 11.6. The minimum atomic E-state index is -0.173. The summed E-state index contributed by atoms with van der Waals surface area (Å²) in [7, 11) is 3.61. The second-order valence-corrected chi connectivity index (χ2v) is 6.71. The Bertz CT molecular complexity index is 941. The summed E-state index contributed by atoms with van der Waals surface area (Å²) in [5.41, 5.74) is 1.80. The van der Waals surface area contributed by atoms with E-state index >= 15 is 0 Å². The van der Waals surface area contributed by atoms with Crippen molar-refractivity contribution < 1.29 is 4.79 Å². The van der Waals surface area contributed by atoms with E-state index in [1.54, 1.807) is 31.4 Å². The SMILES string of the molecule is CN(C)C(=O)C1CCCN1c1nc(-c2ccncc2)nc2ccccc12. The van der Waals surface area contributed by atoms with Crippen LogP contribution in [0.25, 0.3) is 22.3 Å². The van der Waals surface area contributed by atoms with E-state index < -0.39 is 0 Å². The van der Waals surface area contributed by atoms with Gasteiger partial charge in [-0.05, 0) is 37.1 Å². The van der Waals surface area contributed by atoms with E-state index in [-0.39, 0.29) is 11.9 Å².